The molecule has 0 amide bonds. The molecule has 0 saturated carbocycles. The molecule has 6 heteroatoms. The number of hydrogen-bond acceptors (Lipinski definition) is 5. The number of nitrogens with zero attached hydrogens (tertiary/aromatic N) is 2. The third kappa shape index (κ3) is 4.39. The summed E-state index contributed by atoms with van der Waals surface area (Å²) in [7, 11) is 3.99. The second-order valence-electron chi connectivity index (χ2n) is 7.61. The summed E-state index contributed by atoms with van der Waals surface area (Å²) < 4.78 is 5.88. The summed E-state index contributed by atoms with van der Waals surface area (Å²) in [6.45, 7) is 0. The molecule has 4 aromatic rings. The summed E-state index contributed by atoms with van der Waals surface area (Å²) in [5.41, 5.74) is 17.1. The first-order chi connectivity index (χ1) is 15.4. The molecule has 1 heterocycles. The third-order valence-corrected chi connectivity index (χ3v) is 5.11. The van der Waals surface area contributed by atoms with Crippen molar-refractivity contribution in [1.82, 2.24) is 4.98 Å². The van der Waals surface area contributed by atoms with Gasteiger partial charge in [0.15, 0.2) is 0 Å². The Kier molecular flexibility index (Phi) is 5.77. The molecule has 0 saturated heterocycles. The zero-order valence-corrected chi connectivity index (χ0v) is 18.0. The maximum atomic E-state index is 8.04. The molecule has 0 aliphatic heterocycles. The molecule has 3 aromatic carbocycles. The van der Waals surface area contributed by atoms with Gasteiger partial charge in [0.2, 0.25) is 0 Å². The fourth-order valence-corrected chi connectivity index (χ4v) is 3.44. The van der Waals surface area contributed by atoms with E-state index < -0.39 is 0 Å². The van der Waals surface area contributed by atoms with E-state index in [1.807, 2.05) is 97.9 Å². The van der Waals surface area contributed by atoms with Crippen LogP contribution in [0.2, 0.25) is 0 Å². The van der Waals surface area contributed by atoms with Crippen molar-refractivity contribution < 1.29 is 4.74 Å². The van der Waals surface area contributed by atoms with Crippen LogP contribution < -0.4 is 21.1 Å². The Balaban J connectivity index is 1.72. The number of nitrogens with two attached hydrogens (primary N) is 2. The smallest absolute Gasteiger partial charge is 0.127 e. The minimum absolute atomic E-state index is 0.121. The molecule has 0 bridgehead atoms. The van der Waals surface area contributed by atoms with Crippen molar-refractivity contribution in [3.63, 3.8) is 0 Å². The topological polar surface area (TPSA) is 101 Å². The lowest BCUT2D eigenvalue weighted by Crippen LogP contribution is -2.16. The van der Waals surface area contributed by atoms with Crippen molar-refractivity contribution in [1.29, 1.82) is 5.41 Å². The predicted molar refractivity (Wildman–Crippen MR) is 131 cm³/mol. The summed E-state index contributed by atoms with van der Waals surface area (Å²) >= 11 is 0. The minimum atomic E-state index is -0.121. The highest BCUT2D eigenvalue weighted by Gasteiger charge is 2.16. The standard InChI is InChI=1S/C26H25N5O/c1-31(2)19-12-8-17(9-13-19)23-16-22(27)24(26(28)29)25(30-23)18-10-14-21(15-11-18)32-20-6-4-3-5-7-20/h3-16H,1-2H3,(H2,27,30)(H3,28,29). The van der Waals surface area contributed by atoms with Crippen molar-refractivity contribution in [2.75, 3.05) is 24.7 Å². The number of benzene rings is 3. The summed E-state index contributed by atoms with van der Waals surface area (Å²) in [5, 5.41) is 8.04. The van der Waals surface area contributed by atoms with Crippen molar-refractivity contribution in [2.45, 2.75) is 0 Å². The lowest BCUT2D eigenvalue weighted by molar-refractivity contribution is 0.483. The van der Waals surface area contributed by atoms with E-state index in [0.717, 1.165) is 28.3 Å². The molecule has 32 heavy (non-hydrogen) atoms. The van der Waals surface area contributed by atoms with Crippen molar-refractivity contribution in [3.05, 3.63) is 90.5 Å². The molecule has 160 valence electrons. The van der Waals surface area contributed by atoms with E-state index in [4.69, 9.17) is 26.6 Å². The Labute approximate surface area is 187 Å². The van der Waals surface area contributed by atoms with E-state index >= 15 is 0 Å². The first-order valence-electron chi connectivity index (χ1n) is 10.2. The summed E-state index contributed by atoms with van der Waals surface area (Å²) in [6, 6.07) is 26.9. The fraction of sp³-hybridized carbons (Fsp3) is 0.0769. The van der Waals surface area contributed by atoms with E-state index in [1.165, 1.54) is 0 Å². The molecule has 0 aliphatic rings. The van der Waals surface area contributed by atoms with E-state index in [-0.39, 0.29) is 5.84 Å². The lowest BCUT2D eigenvalue weighted by atomic mass is 10.0. The van der Waals surface area contributed by atoms with Crippen LogP contribution in [0.5, 0.6) is 11.5 Å². The molecule has 4 rings (SSSR count). The maximum Gasteiger partial charge on any atom is 0.127 e. The Bertz CT molecular complexity index is 1230. The van der Waals surface area contributed by atoms with Gasteiger partial charge in [-0.15, -0.1) is 0 Å². The van der Waals surface area contributed by atoms with Crippen LogP contribution in [0, 0.1) is 5.41 Å². The third-order valence-electron chi connectivity index (χ3n) is 5.11. The zero-order valence-electron chi connectivity index (χ0n) is 18.0. The molecule has 6 nitrogen and oxygen atoms in total. The molecular weight excluding hydrogens is 398 g/mol. The normalized spacial score (nSPS) is 10.6. The van der Waals surface area contributed by atoms with Gasteiger partial charge in [0.05, 0.1) is 17.0 Å². The highest BCUT2D eigenvalue weighted by atomic mass is 16.5. The van der Waals surface area contributed by atoms with Crippen LogP contribution in [-0.2, 0) is 0 Å². The summed E-state index contributed by atoms with van der Waals surface area (Å²) in [6.07, 6.45) is 0. The van der Waals surface area contributed by atoms with Crippen molar-refractivity contribution in [3.8, 4) is 34.0 Å². The van der Waals surface area contributed by atoms with E-state index in [1.54, 1.807) is 6.07 Å². The quantitative estimate of drug-likeness (QED) is 0.294. The average molecular weight is 424 g/mol. The number of hydrogen-bond donors (Lipinski definition) is 3. The van der Waals surface area contributed by atoms with Crippen LogP contribution in [0.4, 0.5) is 11.4 Å². The molecule has 0 radical (unpaired) electrons. The molecule has 0 unspecified atom stereocenters. The summed E-state index contributed by atoms with van der Waals surface area (Å²) in [4.78, 5) is 6.86. The van der Waals surface area contributed by atoms with Crippen LogP contribution in [0.15, 0.2) is 84.9 Å². The van der Waals surface area contributed by atoms with Gasteiger partial charge < -0.3 is 21.1 Å². The number of rotatable bonds is 6. The van der Waals surface area contributed by atoms with Crippen LogP contribution in [0.25, 0.3) is 22.5 Å². The van der Waals surface area contributed by atoms with Crippen LogP contribution in [0.3, 0.4) is 0 Å². The van der Waals surface area contributed by atoms with E-state index in [9.17, 15) is 0 Å². The number of ether oxygens (including phenoxy) is 1. The Morgan fingerprint density at radius 1 is 0.844 bits per heavy atom. The van der Waals surface area contributed by atoms with Gasteiger partial charge in [0.1, 0.15) is 17.3 Å². The number of nitrogen functional groups attached to an aromatic ring is 2. The highest BCUT2D eigenvalue weighted by molar-refractivity contribution is 6.05. The lowest BCUT2D eigenvalue weighted by Gasteiger charge is -2.15. The second kappa shape index (κ2) is 8.81. The number of aromatic nitrogens is 1. The SMILES string of the molecule is CN(C)c1ccc(-c2cc(N)c(C(=N)N)c(-c3ccc(Oc4ccccc4)cc3)n2)cc1. The number of anilines is 2. The first kappa shape index (κ1) is 20.9. The van der Waals surface area contributed by atoms with Crippen molar-refractivity contribution >= 4 is 17.2 Å². The van der Waals surface area contributed by atoms with Gasteiger partial charge in [-0.1, -0.05) is 30.3 Å². The molecule has 0 spiro atoms. The Morgan fingerprint density at radius 3 is 2.03 bits per heavy atom. The Morgan fingerprint density at radius 2 is 1.44 bits per heavy atom. The van der Waals surface area contributed by atoms with E-state index in [2.05, 4.69) is 0 Å². The molecule has 0 fully saturated rings. The average Bonchev–Trinajstić information content (AvgIpc) is 2.79. The molecule has 5 N–H and O–H groups in total. The maximum absolute atomic E-state index is 8.04. The van der Waals surface area contributed by atoms with Crippen LogP contribution >= 0.6 is 0 Å². The van der Waals surface area contributed by atoms with Crippen LogP contribution in [-0.4, -0.2) is 24.9 Å². The number of para-hydroxylation sites is 1. The van der Waals surface area contributed by atoms with Crippen molar-refractivity contribution in [2.24, 2.45) is 5.73 Å². The molecule has 1 aromatic heterocycles. The van der Waals surface area contributed by atoms with Gasteiger partial charge in [-0.2, -0.15) is 0 Å². The first-order valence-corrected chi connectivity index (χ1v) is 10.2. The predicted octanol–water partition coefficient (Wildman–Crippen LogP) is 5.14. The van der Waals surface area contributed by atoms with E-state index in [0.29, 0.717) is 22.7 Å². The van der Waals surface area contributed by atoms with Gasteiger partial charge in [0, 0.05) is 36.6 Å². The second-order valence-corrected chi connectivity index (χ2v) is 7.61. The van der Waals surface area contributed by atoms with Gasteiger partial charge in [0.25, 0.3) is 0 Å². The van der Waals surface area contributed by atoms with Gasteiger partial charge >= 0.3 is 0 Å². The van der Waals surface area contributed by atoms with Gasteiger partial charge in [-0.05, 0) is 54.6 Å². The minimum Gasteiger partial charge on any atom is -0.457 e. The number of amidine groups is 1. The van der Waals surface area contributed by atoms with Gasteiger partial charge in [-0.3, -0.25) is 5.41 Å². The fourth-order valence-electron chi connectivity index (χ4n) is 3.44. The largest absolute Gasteiger partial charge is 0.457 e. The van der Waals surface area contributed by atoms with Crippen LogP contribution in [0.1, 0.15) is 5.56 Å². The highest BCUT2D eigenvalue weighted by Crippen LogP contribution is 2.32. The molecular formula is C26H25N5O. The molecule has 0 aliphatic carbocycles. The van der Waals surface area contributed by atoms with Gasteiger partial charge in [-0.25, -0.2) is 4.98 Å². The zero-order chi connectivity index (χ0) is 22.7. The molecule has 0 atom stereocenters. The Hall–Kier alpha value is -4.32. The number of pyridine rings is 1. The monoisotopic (exact) mass is 423 g/mol. The summed E-state index contributed by atoms with van der Waals surface area (Å²) in [5.74, 6) is 1.34. The number of nitrogens with one attached hydrogen (secondary N) is 1.